The van der Waals surface area contributed by atoms with Gasteiger partial charge in [-0.2, -0.15) is 10.2 Å². The van der Waals surface area contributed by atoms with Gasteiger partial charge in [0.15, 0.2) is 5.96 Å². The van der Waals surface area contributed by atoms with Gasteiger partial charge in [-0.25, -0.2) is 4.98 Å². The van der Waals surface area contributed by atoms with E-state index >= 15 is 0 Å². The van der Waals surface area contributed by atoms with Crippen molar-refractivity contribution in [3.8, 4) is 0 Å². The number of halogens is 1. The Balaban J connectivity index is 0.00000208. The van der Waals surface area contributed by atoms with Crippen molar-refractivity contribution in [2.24, 2.45) is 12.0 Å². The number of aryl methyl sites for hydroxylation is 1. The summed E-state index contributed by atoms with van der Waals surface area (Å²) >= 11 is 0. The molecule has 1 aliphatic rings. The standard InChI is InChI=1S/C14H22N8O.HI/c1-15-14(17-3-4-22-11-16-10-19-22)21-5-6-23-13(9-21)12-7-18-20(2)8-12;/h7-8,10-11,13H,3-6,9H2,1-2H3,(H,15,17);1H. The summed E-state index contributed by atoms with van der Waals surface area (Å²) in [7, 11) is 3.71. The molecule has 0 bridgehead atoms. The van der Waals surface area contributed by atoms with Gasteiger partial charge in [-0.15, -0.1) is 24.0 Å². The molecular weight excluding hydrogens is 423 g/mol. The van der Waals surface area contributed by atoms with E-state index in [1.165, 1.54) is 6.33 Å². The molecule has 1 unspecified atom stereocenters. The predicted octanol–water partition coefficient (Wildman–Crippen LogP) is 0.278. The van der Waals surface area contributed by atoms with Gasteiger partial charge < -0.3 is 15.0 Å². The fourth-order valence-electron chi connectivity index (χ4n) is 2.61. The lowest BCUT2D eigenvalue weighted by molar-refractivity contribution is -0.00803. The van der Waals surface area contributed by atoms with Crippen LogP contribution in [0.2, 0.25) is 0 Å². The lowest BCUT2D eigenvalue weighted by Crippen LogP contribution is -2.48. The molecule has 10 heteroatoms. The molecule has 0 saturated carbocycles. The molecule has 0 aliphatic carbocycles. The number of hydrogen-bond acceptors (Lipinski definition) is 5. The second-order valence-corrected chi connectivity index (χ2v) is 5.39. The Morgan fingerprint density at radius 2 is 2.33 bits per heavy atom. The summed E-state index contributed by atoms with van der Waals surface area (Å²) in [6, 6.07) is 0. The van der Waals surface area contributed by atoms with Crippen molar-refractivity contribution < 1.29 is 4.74 Å². The van der Waals surface area contributed by atoms with Crippen molar-refractivity contribution in [3.63, 3.8) is 0 Å². The van der Waals surface area contributed by atoms with E-state index in [1.807, 2.05) is 19.4 Å². The number of aromatic nitrogens is 5. The number of guanidine groups is 1. The largest absolute Gasteiger partial charge is 0.370 e. The molecule has 132 valence electrons. The van der Waals surface area contributed by atoms with Crippen LogP contribution in [0.1, 0.15) is 11.7 Å². The van der Waals surface area contributed by atoms with Crippen LogP contribution < -0.4 is 5.32 Å². The fraction of sp³-hybridized carbons (Fsp3) is 0.571. The SMILES string of the molecule is CN=C(NCCn1cncn1)N1CCOC(c2cnn(C)c2)C1.I. The Labute approximate surface area is 158 Å². The summed E-state index contributed by atoms with van der Waals surface area (Å²) in [5, 5.41) is 11.7. The number of hydrogen-bond donors (Lipinski definition) is 1. The minimum atomic E-state index is 0. The highest BCUT2D eigenvalue weighted by molar-refractivity contribution is 14.0. The average Bonchev–Trinajstić information content (AvgIpc) is 3.23. The summed E-state index contributed by atoms with van der Waals surface area (Å²) in [5.74, 6) is 0.877. The molecule has 0 radical (unpaired) electrons. The Hall–Kier alpha value is -1.69. The normalized spacial score (nSPS) is 18.3. The van der Waals surface area contributed by atoms with Crippen molar-refractivity contribution in [2.75, 3.05) is 33.3 Å². The third-order valence-electron chi connectivity index (χ3n) is 3.77. The van der Waals surface area contributed by atoms with E-state index in [2.05, 4.69) is 30.4 Å². The molecule has 1 aliphatic heterocycles. The summed E-state index contributed by atoms with van der Waals surface area (Å²) < 4.78 is 9.45. The van der Waals surface area contributed by atoms with Gasteiger partial charge in [0.05, 0.1) is 25.9 Å². The summed E-state index contributed by atoms with van der Waals surface area (Å²) in [5.41, 5.74) is 1.09. The predicted molar refractivity (Wildman–Crippen MR) is 100 cm³/mol. The van der Waals surface area contributed by atoms with Gasteiger partial charge in [-0.3, -0.25) is 14.4 Å². The molecule has 0 amide bonds. The van der Waals surface area contributed by atoms with Gasteiger partial charge >= 0.3 is 0 Å². The molecule has 9 nitrogen and oxygen atoms in total. The number of aliphatic imine (C=N–C) groups is 1. The van der Waals surface area contributed by atoms with Gasteiger partial charge in [0.1, 0.15) is 18.8 Å². The number of nitrogens with one attached hydrogen (secondary N) is 1. The van der Waals surface area contributed by atoms with Crippen LogP contribution in [0.25, 0.3) is 0 Å². The van der Waals surface area contributed by atoms with Crippen molar-refractivity contribution in [1.29, 1.82) is 0 Å². The number of nitrogens with zero attached hydrogens (tertiary/aromatic N) is 7. The highest BCUT2D eigenvalue weighted by Gasteiger charge is 2.24. The monoisotopic (exact) mass is 446 g/mol. The maximum absolute atomic E-state index is 5.87. The maximum Gasteiger partial charge on any atom is 0.193 e. The Kier molecular flexibility index (Phi) is 6.97. The third-order valence-corrected chi connectivity index (χ3v) is 3.77. The first-order valence-corrected chi connectivity index (χ1v) is 7.64. The van der Waals surface area contributed by atoms with Gasteiger partial charge in [0, 0.05) is 38.9 Å². The first kappa shape index (κ1) is 18.6. The molecule has 1 saturated heterocycles. The zero-order valence-electron chi connectivity index (χ0n) is 13.9. The van der Waals surface area contributed by atoms with Crippen LogP contribution in [-0.4, -0.2) is 68.7 Å². The summed E-state index contributed by atoms with van der Waals surface area (Å²) in [4.78, 5) is 10.5. The highest BCUT2D eigenvalue weighted by Crippen LogP contribution is 2.21. The number of ether oxygens (including phenoxy) is 1. The number of rotatable bonds is 4. The Bertz CT molecular complexity index is 641. The van der Waals surface area contributed by atoms with E-state index in [1.54, 1.807) is 22.7 Å². The van der Waals surface area contributed by atoms with Crippen LogP contribution in [0.4, 0.5) is 0 Å². The first-order valence-electron chi connectivity index (χ1n) is 7.64. The van der Waals surface area contributed by atoms with Gasteiger partial charge in [0.2, 0.25) is 0 Å². The van der Waals surface area contributed by atoms with Crippen LogP contribution >= 0.6 is 24.0 Å². The Morgan fingerprint density at radius 1 is 1.46 bits per heavy atom. The van der Waals surface area contributed by atoms with Crippen LogP contribution in [0.15, 0.2) is 30.0 Å². The van der Waals surface area contributed by atoms with Gasteiger partial charge in [0.25, 0.3) is 0 Å². The molecule has 3 rings (SSSR count). The van der Waals surface area contributed by atoms with E-state index < -0.39 is 0 Å². The smallest absolute Gasteiger partial charge is 0.193 e. The Morgan fingerprint density at radius 3 is 3.00 bits per heavy atom. The van der Waals surface area contributed by atoms with Crippen LogP contribution in [0.5, 0.6) is 0 Å². The van der Waals surface area contributed by atoms with E-state index in [4.69, 9.17) is 4.74 Å². The number of morpholine rings is 1. The lowest BCUT2D eigenvalue weighted by Gasteiger charge is -2.34. The zero-order chi connectivity index (χ0) is 16.1. The van der Waals surface area contributed by atoms with E-state index in [0.29, 0.717) is 6.61 Å². The van der Waals surface area contributed by atoms with Crippen molar-refractivity contribution in [1.82, 2.24) is 34.8 Å². The highest BCUT2D eigenvalue weighted by atomic mass is 127. The van der Waals surface area contributed by atoms with E-state index in [0.717, 1.165) is 37.7 Å². The molecule has 1 N–H and O–H groups in total. The minimum absolute atomic E-state index is 0. The van der Waals surface area contributed by atoms with Crippen molar-refractivity contribution in [2.45, 2.75) is 12.6 Å². The molecule has 1 atom stereocenters. The van der Waals surface area contributed by atoms with Crippen LogP contribution in [-0.2, 0) is 18.3 Å². The molecule has 3 heterocycles. The lowest BCUT2D eigenvalue weighted by atomic mass is 10.1. The fourth-order valence-corrected chi connectivity index (χ4v) is 2.61. The molecule has 0 spiro atoms. The second kappa shape index (κ2) is 8.97. The topological polar surface area (TPSA) is 85.4 Å². The molecule has 2 aromatic rings. The maximum atomic E-state index is 5.87. The van der Waals surface area contributed by atoms with Gasteiger partial charge in [-0.05, 0) is 0 Å². The van der Waals surface area contributed by atoms with Gasteiger partial charge in [-0.1, -0.05) is 0 Å². The third kappa shape index (κ3) is 4.66. The minimum Gasteiger partial charge on any atom is -0.370 e. The molecule has 2 aromatic heterocycles. The molecule has 24 heavy (non-hydrogen) atoms. The molecular formula is C14H23IN8O. The van der Waals surface area contributed by atoms with E-state index in [-0.39, 0.29) is 30.1 Å². The van der Waals surface area contributed by atoms with Crippen molar-refractivity contribution >= 4 is 29.9 Å². The molecule has 0 aromatic carbocycles. The average molecular weight is 446 g/mol. The zero-order valence-corrected chi connectivity index (χ0v) is 16.2. The second-order valence-electron chi connectivity index (χ2n) is 5.39. The summed E-state index contributed by atoms with van der Waals surface area (Å²) in [6.45, 7) is 3.73. The van der Waals surface area contributed by atoms with Crippen LogP contribution in [0.3, 0.4) is 0 Å². The summed E-state index contributed by atoms with van der Waals surface area (Å²) in [6.07, 6.45) is 7.11. The quantitative estimate of drug-likeness (QED) is 0.413. The van der Waals surface area contributed by atoms with E-state index in [9.17, 15) is 0 Å². The molecule has 1 fully saturated rings. The van der Waals surface area contributed by atoms with Crippen LogP contribution in [0, 0.1) is 0 Å². The van der Waals surface area contributed by atoms with Crippen molar-refractivity contribution in [3.05, 3.63) is 30.6 Å². The first-order chi connectivity index (χ1) is 11.3.